The Bertz CT molecular complexity index is 731. The molecule has 1 atom stereocenters. The Morgan fingerprint density at radius 2 is 1.95 bits per heavy atom. The second kappa shape index (κ2) is 6.24. The van der Waals surface area contributed by atoms with Crippen molar-refractivity contribution in [3.8, 4) is 5.69 Å². The minimum Gasteiger partial charge on any atom is -0.248 e. The maximum atomic E-state index is 6.14. The third-order valence-corrected chi connectivity index (χ3v) is 4.40. The van der Waals surface area contributed by atoms with E-state index in [1.54, 1.807) is 10.9 Å². The molecule has 0 aliphatic rings. The number of halogens is 1. The fourth-order valence-corrected chi connectivity index (χ4v) is 3.02. The summed E-state index contributed by atoms with van der Waals surface area (Å²) in [5, 5.41) is 13.4. The molecule has 0 unspecified atom stereocenters. The van der Waals surface area contributed by atoms with Gasteiger partial charge in [0, 0.05) is 6.20 Å². The smallest absolute Gasteiger partial charge is 0.169 e. The minimum atomic E-state index is 0.0209. The maximum Gasteiger partial charge on any atom is 0.169 e. The molecular formula is C14H12ClN5S. The summed E-state index contributed by atoms with van der Waals surface area (Å²) < 4.78 is 1.73. The molecule has 3 aromatic rings. The van der Waals surface area contributed by atoms with Crippen LogP contribution in [0.15, 0.2) is 53.7 Å². The van der Waals surface area contributed by atoms with Crippen LogP contribution in [0.2, 0.25) is 5.02 Å². The lowest BCUT2D eigenvalue weighted by molar-refractivity contribution is 0.762. The Balaban J connectivity index is 1.88. The second-order valence-electron chi connectivity index (χ2n) is 4.33. The van der Waals surface area contributed by atoms with E-state index in [0.717, 1.165) is 16.5 Å². The van der Waals surface area contributed by atoms with Crippen LogP contribution in [-0.4, -0.2) is 25.2 Å². The van der Waals surface area contributed by atoms with Crippen molar-refractivity contribution in [3.05, 3.63) is 59.5 Å². The Labute approximate surface area is 131 Å². The predicted molar refractivity (Wildman–Crippen MR) is 82.7 cm³/mol. The van der Waals surface area contributed by atoms with E-state index in [0.29, 0.717) is 5.02 Å². The van der Waals surface area contributed by atoms with Gasteiger partial charge in [-0.05, 0) is 41.6 Å². The summed E-state index contributed by atoms with van der Waals surface area (Å²) in [5.41, 5.74) is 0.928. The molecule has 5 nitrogen and oxygen atoms in total. The third kappa shape index (κ3) is 3.06. The fourth-order valence-electron chi connectivity index (χ4n) is 1.88. The lowest BCUT2D eigenvalue weighted by atomic mass is 10.3. The van der Waals surface area contributed by atoms with Gasteiger partial charge in [0.25, 0.3) is 0 Å². The van der Waals surface area contributed by atoms with Gasteiger partial charge in [0.1, 0.15) is 5.03 Å². The normalized spacial score (nSPS) is 12.3. The van der Waals surface area contributed by atoms with Crippen LogP contribution in [0.5, 0.6) is 0 Å². The van der Waals surface area contributed by atoms with Crippen molar-refractivity contribution < 1.29 is 0 Å². The largest absolute Gasteiger partial charge is 0.248 e. The van der Waals surface area contributed by atoms with E-state index in [-0.39, 0.29) is 5.25 Å². The highest BCUT2D eigenvalue weighted by Crippen LogP contribution is 2.36. The topological polar surface area (TPSA) is 56.5 Å². The van der Waals surface area contributed by atoms with Crippen molar-refractivity contribution in [2.24, 2.45) is 0 Å². The number of rotatable bonds is 4. The molecule has 7 heteroatoms. The Hall–Kier alpha value is -1.92. The van der Waals surface area contributed by atoms with Gasteiger partial charge in [-0.15, -0.1) is 5.10 Å². The Morgan fingerprint density at radius 3 is 2.71 bits per heavy atom. The van der Waals surface area contributed by atoms with Crippen LogP contribution in [0, 0.1) is 0 Å². The van der Waals surface area contributed by atoms with Crippen LogP contribution in [0.3, 0.4) is 0 Å². The first-order chi connectivity index (χ1) is 10.3. The highest BCUT2D eigenvalue weighted by Gasteiger charge is 2.18. The van der Waals surface area contributed by atoms with Crippen LogP contribution in [0.1, 0.15) is 18.0 Å². The zero-order valence-corrected chi connectivity index (χ0v) is 12.8. The average molecular weight is 318 g/mol. The van der Waals surface area contributed by atoms with Gasteiger partial charge < -0.3 is 0 Å². The molecule has 21 heavy (non-hydrogen) atoms. The standard InChI is InChI=1S/C14H12ClN5S/c1-10(21-14-12(15)8-5-9-16-14)13-17-18-19-20(13)11-6-3-2-4-7-11/h2-10H,1H3/t10-/m0/s1. The van der Waals surface area contributed by atoms with E-state index < -0.39 is 0 Å². The van der Waals surface area contributed by atoms with Crippen molar-refractivity contribution >= 4 is 23.4 Å². The third-order valence-electron chi connectivity index (χ3n) is 2.87. The molecule has 0 bridgehead atoms. The molecule has 0 radical (unpaired) electrons. The zero-order chi connectivity index (χ0) is 14.7. The van der Waals surface area contributed by atoms with Crippen molar-refractivity contribution in [1.29, 1.82) is 0 Å². The van der Waals surface area contributed by atoms with E-state index in [1.807, 2.05) is 49.4 Å². The average Bonchev–Trinajstić information content (AvgIpc) is 3.00. The molecule has 2 aromatic heterocycles. The molecular weight excluding hydrogens is 306 g/mol. The van der Waals surface area contributed by atoms with Crippen molar-refractivity contribution in [2.45, 2.75) is 17.2 Å². The quantitative estimate of drug-likeness (QED) is 0.689. The molecule has 1 aromatic carbocycles. The molecule has 2 heterocycles. The number of nitrogens with zero attached hydrogens (tertiary/aromatic N) is 5. The molecule has 0 spiro atoms. The number of pyridine rings is 1. The summed E-state index contributed by atoms with van der Waals surface area (Å²) in [6, 6.07) is 13.4. The molecule has 0 N–H and O–H groups in total. The van der Waals surface area contributed by atoms with Gasteiger partial charge in [0.15, 0.2) is 5.82 Å². The highest BCUT2D eigenvalue weighted by molar-refractivity contribution is 7.99. The lowest BCUT2D eigenvalue weighted by Gasteiger charge is -2.11. The number of thioether (sulfide) groups is 1. The summed E-state index contributed by atoms with van der Waals surface area (Å²) in [6.07, 6.45) is 1.72. The Kier molecular flexibility index (Phi) is 4.17. The summed E-state index contributed by atoms with van der Waals surface area (Å²) in [5.74, 6) is 0.757. The van der Waals surface area contributed by atoms with Gasteiger partial charge in [-0.2, -0.15) is 4.68 Å². The summed E-state index contributed by atoms with van der Waals surface area (Å²) in [7, 11) is 0. The van der Waals surface area contributed by atoms with E-state index in [1.165, 1.54) is 11.8 Å². The fraction of sp³-hybridized carbons (Fsp3) is 0.143. The van der Waals surface area contributed by atoms with E-state index in [4.69, 9.17) is 11.6 Å². The number of hydrogen-bond acceptors (Lipinski definition) is 5. The second-order valence-corrected chi connectivity index (χ2v) is 6.07. The number of benzene rings is 1. The summed E-state index contributed by atoms with van der Waals surface area (Å²) in [4.78, 5) is 4.28. The minimum absolute atomic E-state index is 0.0209. The molecule has 0 saturated carbocycles. The van der Waals surface area contributed by atoms with Crippen molar-refractivity contribution in [1.82, 2.24) is 25.2 Å². The van der Waals surface area contributed by atoms with E-state index in [9.17, 15) is 0 Å². The lowest BCUT2D eigenvalue weighted by Crippen LogP contribution is -2.05. The molecule has 0 amide bonds. The predicted octanol–water partition coefficient (Wildman–Crippen LogP) is 3.56. The molecule has 106 valence electrons. The van der Waals surface area contributed by atoms with Crippen LogP contribution >= 0.6 is 23.4 Å². The summed E-state index contributed by atoms with van der Waals surface area (Å²) >= 11 is 7.68. The molecule has 3 rings (SSSR count). The monoisotopic (exact) mass is 317 g/mol. The number of para-hydroxylation sites is 1. The van der Waals surface area contributed by atoms with Gasteiger partial charge >= 0.3 is 0 Å². The van der Waals surface area contributed by atoms with Crippen LogP contribution < -0.4 is 0 Å². The van der Waals surface area contributed by atoms with E-state index in [2.05, 4.69) is 20.5 Å². The van der Waals surface area contributed by atoms with Gasteiger partial charge in [-0.3, -0.25) is 0 Å². The van der Waals surface area contributed by atoms with Crippen LogP contribution in [0.25, 0.3) is 5.69 Å². The van der Waals surface area contributed by atoms with E-state index >= 15 is 0 Å². The van der Waals surface area contributed by atoms with Gasteiger partial charge in [0.2, 0.25) is 0 Å². The summed E-state index contributed by atoms with van der Waals surface area (Å²) in [6.45, 7) is 2.03. The SMILES string of the molecule is C[C@H](Sc1ncccc1Cl)c1nnnn1-c1ccccc1. The number of tetrazole rings is 1. The molecule has 0 aliphatic heterocycles. The first-order valence-electron chi connectivity index (χ1n) is 6.36. The maximum absolute atomic E-state index is 6.14. The highest BCUT2D eigenvalue weighted by atomic mass is 35.5. The van der Waals surface area contributed by atoms with Gasteiger partial charge in [-0.25, -0.2) is 4.98 Å². The first-order valence-corrected chi connectivity index (χ1v) is 7.62. The molecule has 0 saturated heterocycles. The van der Waals surface area contributed by atoms with Gasteiger partial charge in [-0.1, -0.05) is 41.6 Å². The van der Waals surface area contributed by atoms with Crippen molar-refractivity contribution in [3.63, 3.8) is 0 Å². The zero-order valence-electron chi connectivity index (χ0n) is 11.2. The van der Waals surface area contributed by atoms with Crippen LogP contribution in [0.4, 0.5) is 0 Å². The molecule has 0 fully saturated rings. The number of hydrogen-bond donors (Lipinski definition) is 0. The molecule has 0 aliphatic carbocycles. The van der Waals surface area contributed by atoms with Gasteiger partial charge in [0.05, 0.1) is 16.0 Å². The Morgan fingerprint density at radius 1 is 1.14 bits per heavy atom. The van der Waals surface area contributed by atoms with Crippen molar-refractivity contribution in [2.75, 3.05) is 0 Å². The van der Waals surface area contributed by atoms with Crippen LogP contribution in [-0.2, 0) is 0 Å². The number of aromatic nitrogens is 5. The first kappa shape index (κ1) is 14.0.